The summed E-state index contributed by atoms with van der Waals surface area (Å²) in [5, 5.41) is 1.21. The second kappa shape index (κ2) is 5.62. The van der Waals surface area contributed by atoms with Crippen molar-refractivity contribution in [3.63, 3.8) is 0 Å². The highest BCUT2D eigenvalue weighted by Gasteiger charge is 2.09. The molecule has 108 valence electrons. The number of aromatic nitrogens is 1. The number of benzene rings is 2. The van der Waals surface area contributed by atoms with Gasteiger partial charge in [-0.1, -0.05) is 24.3 Å². The number of nitrogens with zero attached hydrogens (tertiary/aromatic N) is 1. The van der Waals surface area contributed by atoms with Gasteiger partial charge in [0.2, 0.25) is 0 Å². The molecular formula is C18H20N2O. The number of fused-ring (bicyclic) bond motifs is 1. The standard InChI is InChI=1S/C18H20N2O/c1-13-5-3-7-16(9-13)21-12-15-10-17-14(11-19)6-4-8-18(17)20(15)2/h3-10H,11-12,19H2,1-2H3. The molecule has 1 aromatic heterocycles. The summed E-state index contributed by atoms with van der Waals surface area (Å²) in [4.78, 5) is 0. The zero-order valence-electron chi connectivity index (χ0n) is 12.5. The fourth-order valence-corrected chi connectivity index (χ4v) is 2.66. The first-order valence-electron chi connectivity index (χ1n) is 7.15. The summed E-state index contributed by atoms with van der Waals surface area (Å²) < 4.78 is 8.08. The number of hydrogen-bond acceptors (Lipinski definition) is 2. The van der Waals surface area contributed by atoms with Gasteiger partial charge in [0.15, 0.2) is 0 Å². The molecular weight excluding hydrogens is 260 g/mol. The van der Waals surface area contributed by atoms with Gasteiger partial charge in [0, 0.05) is 24.5 Å². The summed E-state index contributed by atoms with van der Waals surface area (Å²) in [6.45, 7) is 3.18. The second-order valence-corrected chi connectivity index (χ2v) is 5.35. The van der Waals surface area contributed by atoms with E-state index in [0.29, 0.717) is 13.2 Å². The Morgan fingerprint density at radius 2 is 1.90 bits per heavy atom. The molecule has 0 aliphatic rings. The molecule has 0 bridgehead atoms. The maximum atomic E-state index is 5.90. The monoisotopic (exact) mass is 280 g/mol. The summed E-state index contributed by atoms with van der Waals surface area (Å²) in [6, 6.07) is 16.5. The molecule has 2 aromatic carbocycles. The highest BCUT2D eigenvalue weighted by molar-refractivity contribution is 5.84. The largest absolute Gasteiger partial charge is 0.487 e. The average Bonchev–Trinajstić information content (AvgIpc) is 2.82. The van der Waals surface area contributed by atoms with E-state index in [-0.39, 0.29) is 0 Å². The molecule has 0 amide bonds. The van der Waals surface area contributed by atoms with Gasteiger partial charge in [0.25, 0.3) is 0 Å². The minimum absolute atomic E-state index is 0.554. The van der Waals surface area contributed by atoms with Gasteiger partial charge in [-0.2, -0.15) is 0 Å². The third kappa shape index (κ3) is 2.65. The fraction of sp³-hybridized carbons (Fsp3) is 0.222. The summed E-state index contributed by atoms with van der Waals surface area (Å²) >= 11 is 0. The number of hydrogen-bond donors (Lipinski definition) is 1. The van der Waals surface area contributed by atoms with Crippen molar-refractivity contribution in [3.05, 3.63) is 65.4 Å². The molecule has 0 radical (unpaired) electrons. The van der Waals surface area contributed by atoms with Crippen molar-refractivity contribution in [2.24, 2.45) is 12.8 Å². The van der Waals surface area contributed by atoms with Crippen molar-refractivity contribution in [2.45, 2.75) is 20.1 Å². The van der Waals surface area contributed by atoms with Gasteiger partial charge in [0.05, 0.1) is 5.69 Å². The molecule has 2 N–H and O–H groups in total. The smallest absolute Gasteiger partial charge is 0.128 e. The Bertz CT molecular complexity index is 774. The molecule has 3 rings (SSSR count). The van der Waals surface area contributed by atoms with Gasteiger partial charge in [-0.25, -0.2) is 0 Å². The van der Waals surface area contributed by atoms with Crippen molar-refractivity contribution in [3.8, 4) is 5.75 Å². The molecule has 21 heavy (non-hydrogen) atoms. The molecule has 0 aliphatic heterocycles. The Hall–Kier alpha value is -2.26. The molecule has 0 saturated carbocycles. The van der Waals surface area contributed by atoms with Gasteiger partial charge in [-0.05, 0) is 42.3 Å². The first-order chi connectivity index (χ1) is 10.2. The number of nitrogens with two attached hydrogens (primary N) is 1. The molecule has 0 aliphatic carbocycles. The Kier molecular flexibility index (Phi) is 3.67. The van der Waals surface area contributed by atoms with Crippen LogP contribution < -0.4 is 10.5 Å². The first kappa shape index (κ1) is 13.7. The van der Waals surface area contributed by atoms with E-state index in [1.165, 1.54) is 22.0 Å². The molecule has 1 heterocycles. The van der Waals surface area contributed by atoms with E-state index < -0.39 is 0 Å². The summed E-state index contributed by atoms with van der Waals surface area (Å²) in [6.07, 6.45) is 0. The molecule has 3 heteroatoms. The predicted molar refractivity (Wildman–Crippen MR) is 86.3 cm³/mol. The molecule has 3 nitrogen and oxygen atoms in total. The van der Waals surface area contributed by atoms with Crippen molar-refractivity contribution in [1.82, 2.24) is 4.57 Å². The second-order valence-electron chi connectivity index (χ2n) is 5.35. The number of ether oxygens (including phenoxy) is 1. The predicted octanol–water partition coefficient (Wildman–Crippen LogP) is 3.52. The van der Waals surface area contributed by atoms with Crippen molar-refractivity contribution < 1.29 is 4.74 Å². The molecule has 0 spiro atoms. The molecule has 0 unspecified atom stereocenters. The van der Waals surface area contributed by atoms with E-state index in [1.54, 1.807) is 0 Å². The Morgan fingerprint density at radius 1 is 1.10 bits per heavy atom. The van der Waals surface area contributed by atoms with Crippen LogP contribution in [0.25, 0.3) is 10.9 Å². The number of aryl methyl sites for hydroxylation is 2. The van der Waals surface area contributed by atoms with Crippen LogP contribution in [0.3, 0.4) is 0 Å². The Labute approximate surface area is 125 Å². The summed E-state index contributed by atoms with van der Waals surface area (Å²) in [5.74, 6) is 0.902. The van der Waals surface area contributed by atoms with Crippen molar-refractivity contribution in [2.75, 3.05) is 0 Å². The third-order valence-electron chi connectivity index (χ3n) is 3.87. The summed E-state index contributed by atoms with van der Waals surface area (Å²) in [7, 11) is 2.07. The summed E-state index contributed by atoms with van der Waals surface area (Å²) in [5.41, 5.74) is 10.5. The quantitative estimate of drug-likeness (QED) is 0.794. The van der Waals surface area contributed by atoms with Gasteiger partial charge in [-0.15, -0.1) is 0 Å². The fourth-order valence-electron chi connectivity index (χ4n) is 2.66. The van der Waals surface area contributed by atoms with Crippen molar-refractivity contribution in [1.29, 1.82) is 0 Å². The average molecular weight is 280 g/mol. The number of rotatable bonds is 4. The van der Waals surface area contributed by atoms with E-state index in [0.717, 1.165) is 11.4 Å². The van der Waals surface area contributed by atoms with Gasteiger partial charge in [-0.3, -0.25) is 0 Å². The zero-order valence-corrected chi connectivity index (χ0v) is 12.5. The van der Waals surface area contributed by atoms with E-state index in [9.17, 15) is 0 Å². The normalized spacial score (nSPS) is 11.0. The van der Waals surface area contributed by atoms with Gasteiger partial charge in [0.1, 0.15) is 12.4 Å². The lowest BCUT2D eigenvalue weighted by Crippen LogP contribution is -2.01. The van der Waals surface area contributed by atoms with Crippen LogP contribution in [0, 0.1) is 6.92 Å². The maximum Gasteiger partial charge on any atom is 0.128 e. The van der Waals surface area contributed by atoms with Crippen LogP contribution >= 0.6 is 0 Å². The van der Waals surface area contributed by atoms with E-state index in [1.807, 2.05) is 18.2 Å². The maximum absolute atomic E-state index is 5.90. The topological polar surface area (TPSA) is 40.2 Å². The first-order valence-corrected chi connectivity index (χ1v) is 7.15. The van der Waals surface area contributed by atoms with Crippen LogP contribution in [-0.4, -0.2) is 4.57 Å². The van der Waals surface area contributed by atoms with E-state index in [4.69, 9.17) is 10.5 Å². The van der Waals surface area contributed by atoms with Crippen LogP contribution in [0.4, 0.5) is 0 Å². The highest BCUT2D eigenvalue weighted by Crippen LogP contribution is 2.23. The van der Waals surface area contributed by atoms with E-state index in [2.05, 4.69) is 48.9 Å². The Morgan fingerprint density at radius 3 is 2.67 bits per heavy atom. The van der Waals surface area contributed by atoms with Crippen LogP contribution in [-0.2, 0) is 20.2 Å². The van der Waals surface area contributed by atoms with E-state index >= 15 is 0 Å². The molecule has 0 saturated heterocycles. The molecule has 3 aromatic rings. The zero-order chi connectivity index (χ0) is 14.8. The highest BCUT2D eigenvalue weighted by atomic mass is 16.5. The third-order valence-corrected chi connectivity index (χ3v) is 3.87. The van der Waals surface area contributed by atoms with Crippen LogP contribution in [0.1, 0.15) is 16.8 Å². The lowest BCUT2D eigenvalue weighted by molar-refractivity contribution is 0.297. The minimum atomic E-state index is 0.554. The van der Waals surface area contributed by atoms with Crippen LogP contribution in [0.15, 0.2) is 48.5 Å². The van der Waals surface area contributed by atoms with Crippen LogP contribution in [0.5, 0.6) is 5.75 Å². The van der Waals surface area contributed by atoms with Crippen LogP contribution in [0.2, 0.25) is 0 Å². The van der Waals surface area contributed by atoms with Gasteiger partial charge < -0.3 is 15.0 Å². The lowest BCUT2D eigenvalue weighted by Gasteiger charge is -2.08. The SMILES string of the molecule is Cc1cccc(OCc2cc3c(CN)cccc3n2C)c1. The molecule has 0 fully saturated rings. The minimum Gasteiger partial charge on any atom is -0.487 e. The van der Waals surface area contributed by atoms with Gasteiger partial charge >= 0.3 is 0 Å². The lowest BCUT2D eigenvalue weighted by atomic mass is 10.1. The Balaban J connectivity index is 1.89. The van der Waals surface area contributed by atoms with Crippen molar-refractivity contribution >= 4 is 10.9 Å². The molecule has 0 atom stereocenters.